The molecule has 0 atom stereocenters. The number of rotatable bonds is 2. The number of carbonyl (C=O) groups is 1. The first-order chi connectivity index (χ1) is 9.13. The molecule has 3 rings (SSSR count). The van der Waals surface area contributed by atoms with Crippen LogP contribution in [0.2, 0.25) is 0 Å². The zero-order valence-corrected chi connectivity index (χ0v) is 11.0. The summed E-state index contributed by atoms with van der Waals surface area (Å²) >= 11 is 0. The van der Waals surface area contributed by atoms with Gasteiger partial charge in [-0.05, 0) is 37.1 Å². The van der Waals surface area contributed by atoms with Crippen molar-refractivity contribution in [3.05, 3.63) is 29.5 Å². The molecule has 2 heterocycles. The van der Waals surface area contributed by atoms with Crippen LogP contribution in [0.25, 0.3) is 10.9 Å². The fraction of sp³-hybridized carbons (Fsp3) is 0.357. The van der Waals surface area contributed by atoms with Crippen molar-refractivity contribution >= 4 is 22.6 Å². The summed E-state index contributed by atoms with van der Waals surface area (Å²) in [6, 6.07) is 6.04. The van der Waals surface area contributed by atoms with E-state index in [0.29, 0.717) is 6.54 Å². The lowest BCUT2D eigenvalue weighted by Gasteiger charge is -2.30. The van der Waals surface area contributed by atoms with Crippen LogP contribution >= 0.6 is 0 Å². The number of likely N-dealkylation sites (tertiary alicyclic amines) is 1. The van der Waals surface area contributed by atoms with Gasteiger partial charge in [-0.2, -0.15) is 0 Å². The predicted octanol–water partition coefficient (Wildman–Crippen LogP) is 1.97. The summed E-state index contributed by atoms with van der Waals surface area (Å²) in [7, 11) is 0. The van der Waals surface area contributed by atoms with Gasteiger partial charge in [0.15, 0.2) is 0 Å². The fourth-order valence-electron chi connectivity index (χ4n) is 2.26. The molecule has 2 aromatic rings. The molecule has 1 saturated heterocycles. The van der Waals surface area contributed by atoms with Crippen LogP contribution in [0.3, 0.4) is 0 Å². The van der Waals surface area contributed by atoms with Gasteiger partial charge in [0.1, 0.15) is 0 Å². The number of H-pyrrole nitrogens is 1. The number of aromatic amines is 1. The molecule has 1 aliphatic rings. The first-order valence-electron chi connectivity index (χ1n) is 6.54. The average molecular weight is 258 g/mol. The standard InChI is InChI=1S/C14H18N4O/c1-9-5-13-10(7-12(9)15)6-11(17-13)8-16-14(19)18-3-2-4-18/h5-7,17H,2-4,8,15H2,1H3,(H,16,19). The second kappa shape index (κ2) is 4.50. The Hall–Kier alpha value is -2.17. The van der Waals surface area contributed by atoms with E-state index >= 15 is 0 Å². The highest BCUT2D eigenvalue weighted by atomic mass is 16.2. The molecule has 1 aromatic carbocycles. The van der Waals surface area contributed by atoms with Crippen LogP contribution < -0.4 is 11.1 Å². The summed E-state index contributed by atoms with van der Waals surface area (Å²) in [5.41, 5.74) is 9.80. The van der Waals surface area contributed by atoms with Crippen molar-refractivity contribution in [2.75, 3.05) is 18.8 Å². The number of urea groups is 1. The zero-order chi connectivity index (χ0) is 13.4. The number of aryl methyl sites for hydroxylation is 1. The molecule has 5 heteroatoms. The first-order valence-corrected chi connectivity index (χ1v) is 6.54. The van der Waals surface area contributed by atoms with Crippen LogP contribution in [0.4, 0.5) is 10.5 Å². The molecule has 0 spiro atoms. The molecule has 1 aromatic heterocycles. The van der Waals surface area contributed by atoms with Crippen LogP contribution in [0.1, 0.15) is 17.7 Å². The van der Waals surface area contributed by atoms with Crippen LogP contribution in [0, 0.1) is 6.92 Å². The Morgan fingerprint density at radius 1 is 1.42 bits per heavy atom. The maximum atomic E-state index is 11.7. The van der Waals surface area contributed by atoms with Crippen molar-refractivity contribution in [2.24, 2.45) is 0 Å². The van der Waals surface area contributed by atoms with E-state index in [0.717, 1.165) is 47.4 Å². The van der Waals surface area contributed by atoms with E-state index in [9.17, 15) is 4.79 Å². The highest BCUT2D eigenvalue weighted by Gasteiger charge is 2.19. The van der Waals surface area contributed by atoms with Crippen molar-refractivity contribution in [3.8, 4) is 0 Å². The zero-order valence-electron chi connectivity index (χ0n) is 11.0. The van der Waals surface area contributed by atoms with Crippen molar-refractivity contribution in [2.45, 2.75) is 19.9 Å². The van der Waals surface area contributed by atoms with Gasteiger partial charge in [0, 0.05) is 35.4 Å². The Bertz CT molecular complexity index is 589. The van der Waals surface area contributed by atoms with E-state index in [-0.39, 0.29) is 6.03 Å². The third-order valence-corrected chi connectivity index (χ3v) is 3.64. The minimum absolute atomic E-state index is 0.0144. The van der Waals surface area contributed by atoms with Crippen molar-refractivity contribution < 1.29 is 4.79 Å². The van der Waals surface area contributed by atoms with Gasteiger partial charge in [0.05, 0.1) is 6.54 Å². The van der Waals surface area contributed by atoms with Gasteiger partial charge in [-0.15, -0.1) is 0 Å². The number of amides is 2. The number of nitrogens with one attached hydrogen (secondary N) is 2. The molecule has 19 heavy (non-hydrogen) atoms. The third-order valence-electron chi connectivity index (χ3n) is 3.64. The van der Waals surface area contributed by atoms with Gasteiger partial charge < -0.3 is 20.9 Å². The maximum Gasteiger partial charge on any atom is 0.317 e. The molecule has 1 fully saturated rings. The van der Waals surface area contributed by atoms with Crippen LogP contribution in [0.5, 0.6) is 0 Å². The number of carbonyl (C=O) groups excluding carboxylic acids is 1. The Morgan fingerprint density at radius 3 is 2.89 bits per heavy atom. The number of nitrogen functional groups attached to an aromatic ring is 1. The molecule has 100 valence electrons. The summed E-state index contributed by atoms with van der Waals surface area (Å²) in [4.78, 5) is 16.8. The lowest BCUT2D eigenvalue weighted by atomic mass is 10.1. The van der Waals surface area contributed by atoms with Gasteiger partial charge in [0.2, 0.25) is 0 Å². The molecule has 0 radical (unpaired) electrons. The van der Waals surface area contributed by atoms with E-state index < -0.39 is 0 Å². The predicted molar refractivity (Wildman–Crippen MR) is 75.9 cm³/mol. The molecule has 5 nitrogen and oxygen atoms in total. The highest BCUT2D eigenvalue weighted by molar-refractivity contribution is 5.85. The Labute approximate surface area is 111 Å². The molecule has 4 N–H and O–H groups in total. The number of anilines is 1. The van der Waals surface area contributed by atoms with Gasteiger partial charge >= 0.3 is 6.03 Å². The first kappa shape index (κ1) is 11.9. The van der Waals surface area contributed by atoms with Gasteiger partial charge in [0.25, 0.3) is 0 Å². The number of hydrogen-bond donors (Lipinski definition) is 3. The molecule has 0 unspecified atom stereocenters. The summed E-state index contributed by atoms with van der Waals surface area (Å²) in [6.07, 6.45) is 1.11. The maximum absolute atomic E-state index is 11.7. The molecule has 2 amide bonds. The largest absolute Gasteiger partial charge is 0.398 e. The summed E-state index contributed by atoms with van der Waals surface area (Å²) in [5.74, 6) is 0. The average Bonchev–Trinajstić information content (AvgIpc) is 2.67. The second-order valence-electron chi connectivity index (χ2n) is 5.09. The number of fused-ring (bicyclic) bond motifs is 1. The fourth-order valence-corrected chi connectivity index (χ4v) is 2.26. The van der Waals surface area contributed by atoms with Gasteiger partial charge in [-0.25, -0.2) is 4.79 Å². The van der Waals surface area contributed by atoms with Crippen molar-refractivity contribution in [1.82, 2.24) is 15.2 Å². The Balaban J connectivity index is 1.72. The topological polar surface area (TPSA) is 74.2 Å². The molecule has 0 aliphatic carbocycles. The summed E-state index contributed by atoms with van der Waals surface area (Å²) in [5, 5.41) is 4.00. The minimum atomic E-state index is 0.0144. The number of benzene rings is 1. The number of nitrogens with two attached hydrogens (primary N) is 1. The van der Waals surface area contributed by atoms with E-state index in [1.165, 1.54) is 0 Å². The summed E-state index contributed by atoms with van der Waals surface area (Å²) in [6.45, 7) is 4.24. The molecule has 0 saturated carbocycles. The van der Waals surface area contributed by atoms with Crippen LogP contribution in [-0.2, 0) is 6.54 Å². The molecule has 1 aliphatic heterocycles. The molecular formula is C14H18N4O. The minimum Gasteiger partial charge on any atom is -0.398 e. The van der Waals surface area contributed by atoms with Gasteiger partial charge in [-0.3, -0.25) is 0 Å². The Morgan fingerprint density at radius 2 is 2.21 bits per heavy atom. The van der Waals surface area contributed by atoms with Crippen molar-refractivity contribution in [3.63, 3.8) is 0 Å². The SMILES string of the molecule is Cc1cc2[nH]c(CNC(=O)N3CCC3)cc2cc1N. The smallest absolute Gasteiger partial charge is 0.317 e. The van der Waals surface area contributed by atoms with Crippen LogP contribution in [-0.4, -0.2) is 29.0 Å². The van der Waals surface area contributed by atoms with E-state index in [1.807, 2.05) is 30.0 Å². The second-order valence-corrected chi connectivity index (χ2v) is 5.09. The highest BCUT2D eigenvalue weighted by Crippen LogP contribution is 2.22. The summed E-state index contributed by atoms with van der Waals surface area (Å²) < 4.78 is 0. The van der Waals surface area contributed by atoms with E-state index in [4.69, 9.17) is 5.73 Å². The lowest BCUT2D eigenvalue weighted by Crippen LogP contribution is -2.47. The lowest BCUT2D eigenvalue weighted by molar-refractivity contribution is 0.167. The Kier molecular flexibility index (Phi) is 2.81. The number of nitrogens with zero attached hydrogens (tertiary/aromatic N) is 1. The normalized spacial score (nSPS) is 14.5. The van der Waals surface area contributed by atoms with Crippen molar-refractivity contribution in [1.29, 1.82) is 0 Å². The van der Waals surface area contributed by atoms with E-state index in [2.05, 4.69) is 10.3 Å². The monoisotopic (exact) mass is 258 g/mol. The van der Waals surface area contributed by atoms with Gasteiger partial charge in [-0.1, -0.05) is 0 Å². The third kappa shape index (κ3) is 2.23. The van der Waals surface area contributed by atoms with Crippen LogP contribution in [0.15, 0.2) is 18.2 Å². The van der Waals surface area contributed by atoms with E-state index in [1.54, 1.807) is 0 Å². The number of aromatic nitrogens is 1. The molecule has 0 bridgehead atoms. The molecular weight excluding hydrogens is 240 g/mol. The quantitative estimate of drug-likeness (QED) is 0.720. The number of hydrogen-bond acceptors (Lipinski definition) is 2.